The van der Waals surface area contributed by atoms with Crippen LogP contribution < -0.4 is 4.90 Å². The number of piperazine rings is 1. The second kappa shape index (κ2) is 8.56. The molecule has 1 saturated heterocycles. The molecule has 2 aromatic carbocycles. The molecule has 0 atom stereocenters. The van der Waals surface area contributed by atoms with Gasteiger partial charge in [0.25, 0.3) is 0 Å². The highest BCUT2D eigenvalue weighted by Crippen LogP contribution is 2.21. The average Bonchev–Trinajstić information content (AvgIpc) is 2.63. The molecule has 1 amide bonds. The molecule has 1 heterocycles. The zero-order valence-electron chi connectivity index (χ0n) is 13.8. The van der Waals surface area contributed by atoms with E-state index in [1.54, 1.807) is 0 Å². The van der Waals surface area contributed by atoms with E-state index in [0.29, 0.717) is 24.7 Å². The summed E-state index contributed by atoms with van der Waals surface area (Å²) in [6.45, 7) is 3.35. The first-order valence-electron chi connectivity index (χ1n) is 8.23. The fourth-order valence-corrected chi connectivity index (χ4v) is 3.22. The molecular weight excluding hydrogens is 359 g/mol. The van der Waals surface area contributed by atoms with Crippen LogP contribution >= 0.6 is 23.2 Å². The Labute approximate surface area is 157 Å². The fourth-order valence-electron chi connectivity index (χ4n) is 2.84. The van der Waals surface area contributed by atoms with Crippen LogP contribution in [0.25, 0.3) is 0 Å². The maximum absolute atomic E-state index is 12.3. The summed E-state index contributed by atoms with van der Waals surface area (Å²) in [5.74, 6) is 0.0118. The summed E-state index contributed by atoms with van der Waals surface area (Å²) in [5, 5.41) is 1.38. The molecule has 6 heteroatoms. The number of amides is 1. The van der Waals surface area contributed by atoms with Gasteiger partial charge in [-0.25, -0.2) is 0 Å². The Hall–Kier alpha value is -1.75. The molecule has 25 heavy (non-hydrogen) atoms. The molecule has 0 N–H and O–H groups in total. The van der Waals surface area contributed by atoms with Crippen LogP contribution in [-0.2, 0) is 16.1 Å². The summed E-state index contributed by atoms with van der Waals surface area (Å²) < 4.78 is 5.54. The van der Waals surface area contributed by atoms with Crippen LogP contribution in [0.1, 0.15) is 5.56 Å². The number of hydrogen-bond donors (Lipinski definition) is 0. The lowest BCUT2D eigenvalue weighted by atomic mass is 10.2. The molecule has 0 aromatic heterocycles. The normalized spacial score (nSPS) is 14.6. The van der Waals surface area contributed by atoms with E-state index in [2.05, 4.69) is 4.90 Å². The smallest absolute Gasteiger partial charge is 0.248 e. The van der Waals surface area contributed by atoms with Gasteiger partial charge in [0.15, 0.2) is 0 Å². The van der Waals surface area contributed by atoms with Gasteiger partial charge < -0.3 is 14.5 Å². The number of carbonyl (C=O) groups is 1. The molecule has 1 aliphatic rings. The van der Waals surface area contributed by atoms with E-state index in [4.69, 9.17) is 27.9 Å². The standard InChI is InChI=1S/C19H20Cl2N2O2/c20-16-5-3-6-17(12-16)22-8-10-23(11-9-22)19(24)14-25-13-15-4-1-2-7-18(15)21/h1-7,12H,8-11,13-14H2. The van der Waals surface area contributed by atoms with Crippen molar-refractivity contribution in [2.24, 2.45) is 0 Å². The van der Waals surface area contributed by atoms with Crippen LogP contribution in [0.4, 0.5) is 5.69 Å². The topological polar surface area (TPSA) is 32.8 Å². The van der Waals surface area contributed by atoms with Gasteiger partial charge in [-0.15, -0.1) is 0 Å². The quantitative estimate of drug-likeness (QED) is 0.791. The Morgan fingerprint density at radius 2 is 1.76 bits per heavy atom. The average molecular weight is 379 g/mol. The predicted octanol–water partition coefficient (Wildman–Crippen LogP) is 3.86. The maximum Gasteiger partial charge on any atom is 0.248 e. The summed E-state index contributed by atoms with van der Waals surface area (Å²) in [7, 11) is 0. The number of hydrogen-bond acceptors (Lipinski definition) is 3. The molecule has 0 aliphatic carbocycles. The van der Waals surface area contributed by atoms with Crippen LogP contribution in [0.15, 0.2) is 48.5 Å². The third kappa shape index (κ3) is 4.88. The van der Waals surface area contributed by atoms with E-state index in [1.165, 1.54) is 0 Å². The molecule has 132 valence electrons. The lowest BCUT2D eigenvalue weighted by Gasteiger charge is -2.36. The Morgan fingerprint density at radius 1 is 1.00 bits per heavy atom. The third-order valence-corrected chi connectivity index (χ3v) is 4.85. The molecule has 0 bridgehead atoms. The zero-order chi connectivity index (χ0) is 17.6. The van der Waals surface area contributed by atoms with Crippen LogP contribution in [-0.4, -0.2) is 43.6 Å². The molecule has 2 aromatic rings. The van der Waals surface area contributed by atoms with Crippen molar-refractivity contribution in [2.75, 3.05) is 37.7 Å². The molecule has 0 unspecified atom stereocenters. The second-order valence-corrected chi connectivity index (χ2v) is 6.78. The highest BCUT2D eigenvalue weighted by atomic mass is 35.5. The number of anilines is 1. The van der Waals surface area contributed by atoms with Gasteiger partial charge in [-0.05, 0) is 29.8 Å². The van der Waals surface area contributed by atoms with Gasteiger partial charge in [-0.1, -0.05) is 47.5 Å². The van der Waals surface area contributed by atoms with Crippen molar-refractivity contribution < 1.29 is 9.53 Å². The highest BCUT2D eigenvalue weighted by Gasteiger charge is 2.21. The Morgan fingerprint density at radius 3 is 2.48 bits per heavy atom. The van der Waals surface area contributed by atoms with E-state index in [1.807, 2.05) is 53.4 Å². The summed E-state index contributed by atoms with van der Waals surface area (Å²) in [5.41, 5.74) is 1.98. The lowest BCUT2D eigenvalue weighted by Crippen LogP contribution is -2.49. The van der Waals surface area contributed by atoms with Crippen molar-refractivity contribution in [1.82, 2.24) is 4.90 Å². The van der Waals surface area contributed by atoms with Crippen molar-refractivity contribution in [3.63, 3.8) is 0 Å². The van der Waals surface area contributed by atoms with Crippen LogP contribution in [0.3, 0.4) is 0 Å². The molecule has 1 fully saturated rings. The third-order valence-electron chi connectivity index (χ3n) is 4.25. The van der Waals surface area contributed by atoms with E-state index < -0.39 is 0 Å². The van der Waals surface area contributed by atoms with Gasteiger partial charge in [-0.3, -0.25) is 4.79 Å². The minimum Gasteiger partial charge on any atom is -0.368 e. The van der Waals surface area contributed by atoms with Gasteiger partial charge in [0, 0.05) is 41.9 Å². The molecule has 0 spiro atoms. The summed E-state index contributed by atoms with van der Waals surface area (Å²) in [4.78, 5) is 16.4. The van der Waals surface area contributed by atoms with Crippen molar-refractivity contribution in [1.29, 1.82) is 0 Å². The van der Waals surface area contributed by atoms with Crippen LogP contribution in [0, 0.1) is 0 Å². The SMILES string of the molecule is O=C(COCc1ccccc1Cl)N1CCN(c2cccc(Cl)c2)CC1. The molecule has 0 radical (unpaired) electrons. The first-order valence-corrected chi connectivity index (χ1v) is 8.98. The molecule has 0 saturated carbocycles. The van der Waals surface area contributed by atoms with Gasteiger partial charge in [-0.2, -0.15) is 0 Å². The van der Waals surface area contributed by atoms with E-state index in [-0.39, 0.29) is 12.5 Å². The second-order valence-electron chi connectivity index (χ2n) is 5.93. The zero-order valence-corrected chi connectivity index (χ0v) is 15.3. The molecule has 3 rings (SSSR count). The molecular formula is C19H20Cl2N2O2. The summed E-state index contributed by atoms with van der Waals surface area (Å²) in [6, 6.07) is 15.3. The van der Waals surface area contributed by atoms with Crippen LogP contribution in [0.5, 0.6) is 0 Å². The molecule has 4 nitrogen and oxygen atoms in total. The molecule has 1 aliphatic heterocycles. The number of benzene rings is 2. The van der Waals surface area contributed by atoms with Crippen molar-refractivity contribution in [3.05, 3.63) is 64.1 Å². The van der Waals surface area contributed by atoms with Gasteiger partial charge >= 0.3 is 0 Å². The number of carbonyl (C=O) groups excluding carboxylic acids is 1. The summed E-state index contributed by atoms with van der Waals surface area (Å²) in [6.07, 6.45) is 0. The first kappa shape index (κ1) is 18.1. The van der Waals surface area contributed by atoms with Gasteiger partial charge in [0.1, 0.15) is 6.61 Å². The Kier molecular flexibility index (Phi) is 6.19. The van der Waals surface area contributed by atoms with E-state index in [0.717, 1.165) is 29.4 Å². The number of halogens is 2. The Bertz CT molecular complexity index is 731. The monoisotopic (exact) mass is 378 g/mol. The minimum atomic E-state index is 0.0118. The largest absolute Gasteiger partial charge is 0.368 e. The number of rotatable bonds is 5. The first-order chi connectivity index (χ1) is 12.1. The predicted molar refractivity (Wildman–Crippen MR) is 101 cm³/mol. The highest BCUT2D eigenvalue weighted by molar-refractivity contribution is 6.31. The Balaban J connectivity index is 1.45. The minimum absolute atomic E-state index is 0.0118. The summed E-state index contributed by atoms with van der Waals surface area (Å²) >= 11 is 12.1. The number of ether oxygens (including phenoxy) is 1. The number of nitrogens with zero attached hydrogens (tertiary/aromatic N) is 2. The van der Waals surface area contributed by atoms with Gasteiger partial charge in [0.2, 0.25) is 5.91 Å². The van der Waals surface area contributed by atoms with Crippen molar-refractivity contribution >= 4 is 34.8 Å². The van der Waals surface area contributed by atoms with E-state index >= 15 is 0 Å². The van der Waals surface area contributed by atoms with Crippen molar-refractivity contribution in [3.8, 4) is 0 Å². The van der Waals surface area contributed by atoms with Crippen LogP contribution in [0.2, 0.25) is 10.0 Å². The maximum atomic E-state index is 12.3. The van der Waals surface area contributed by atoms with Gasteiger partial charge in [0.05, 0.1) is 6.61 Å². The fraction of sp³-hybridized carbons (Fsp3) is 0.316. The van der Waals surface area contributed by atoms with Crippen molar-refractivity contribution in [2.45, 2.75) is 6.61 Å². The van der Waals surface area contributed by atoms with E-state index in [9.17, 15) is 4.79 Å². The lowest BCUT2D eigenvalue weighted by molar-refractivity contribution is -0.136.